The molecule has 16 heteroatoms. The number of carboxylic acid groups (broad SMARTS) is 1. The predicted octanol–water partition coefficient (Wildman–Crippen LogP) is 3.94. The number of ether oxygens (including phenoxy) is 7. The number of hydrogen-bond acceptors (Lipinski definition) is 15. The van der Waals surface area contributed by atoms with E-state index < -0.39 is 96.6 Å². The van der Waals surface area contributed by atoms with Crippen LogP contribution < -0.4 is 0 Å². The number of aliphatic carboxylic acids is 1. The minimum Gasteiger partial charge on any atom is -0.507 e. The van der Waals surface area contributed by atoms with Gasteiger partial charge in [-0.3, -0.25) is 14.4 Å². The fourth-order valence-electron chi connectivity index (χ4n) is 9.04. The van der Waals surface area contributed by atoms with Gasteiger partial charge in [0, 0.05) is 48.8 Å². The molecule has 324 valence electrons. The van der Waals surface area contributed by atoms with Crippen LogP contribution in [0.2, 0.25) is 0 Å². The van der Waals surface area contributed by atoms with Gasteiger partial charge in [0.15, 0.2) is 30.4 Å². The van der Waals surface area contributed by atoms with Crippen molar-refractivity contribution >= 4 is 17.5 Å². The van der Waals surface area contributed by atoms with Gasteiger partial charge in [-0.1, -0.05) is 12.1 Å². The summed E-state index contributed by atoms with van der Waals surface area (Å²) in [7, 11) is 0. The molecule has 14 atom stereocenters. The van der Waals surface area contributed by atoms with Crippen molar-refractivity contribution in [1.82, 2.24) is 0 Å². The van der Waals surface area contributed by atoms with Crippen LogP contribution >= 0.6 is 0 Å². The number of aliphatic hydroxyl groups is 3. The molecule has 0 aromatic heterocycles. The first kappa shape index (κ1) is 43.5. The highest BCUT2D eigenvalue weighted by molar-refractivity contribution is 6.30. The quantitative estimate of drug-likeness (QED) is 0.161. The Labute approximate surface area is 342 Å². The first-order chi connectivity index (χ1) is 27.9. The lowest BCUT2D eigenvalue weighted by Crippen LogP contribution is -2.48. The molecule has 0 saturated carbocycles. The number of aliphatic hydroxyl groups excluding tert-OH is 3. The number of hydrogen-bond donors (Lipinski definition) is 6. The Bertz CT molecular complexity index is 1890. The summed E-state index contributed by atoms with van der Waals surface area (Å²) in [5, 5.41) is 63.1. The van der Waals surface area contributed by atoms with Gasteiger partial charge in [-0.15, -0.1) is 0 Å². The zero-order valence-electron chi connectivity index (χ0n) is 33.9. The molecule has 0 unspecified atom stereocenters. The zero-order valence-corrected chi connectivity index (χ0v) is 33.9. The van der Waals surface area contributed by atoms with Gasteiger partial charge >= 0.3 is 5.97 Å². The molecule has 4 heterocycles. The van der Waals surface area contributed by atoms with E-state index in [-0.39, 0.29) is 70.6 Å². The molecule has 1 aliphatic carbocycles. The Morgan fingerprint density at radius 3 is 1.81 bits per heavy atom. The van der Waals surface area contributed by atoms with Crippen molar-refractivity contribution in [2.75, 3.05) is 0 Å². The summed E-state index contributed by atoms with van der Waals surface area (Å²) in [5.74, 6) is -3.58. The zero-order chi connectivity index (χ0) is 42.5. The third kappa shape index (κ3) is 9.08. The summed E-state index contributed by atoms with van der Waals surface area (Å²) in [6.45, 7) is 8.76. The second-order valence-electron chi connectivity index (χ2n) is 17.0. The number of ketones is 2. The minimum atomic E-state index is -1.42. The molecular weight excluding hydrogens is 772 g/mol. The van der Waals surface area contributed by atoms with E-state index in [9.17, 15) is 45.0 Å². The van der Waals surface area contributed by atoms with Gasteiger partial charge in [0.25, 0.3) is 0 Å². The average Bonchev–Trinajstić information content (AvgIpc) is 3.16. The van der Waals surface area contributed by atoms with Gasteiger partial charge in [-0.2, -0.15) is 0 Å². The van der Waals surface area contributed by atoms with E-state index in [4.69, 9.17) is 33.2 Å². The Morgan fingerprint density at radius 2 is 1.24 bits per heavy atom. The van der Waals surface area contributed by atoms with E-state index in [0.717, 1.165) is 0 Å². The van der Waals surface area contributed by atoms with E-state index in [1.165, 1.54) is 24.3 Å². The first-order valence-electron chi connectivity index (χ1n) is 20.6. The van der Waals surface area contributed by atoms with Crippen LogP contribution in [0.5, 0.6) is 11.5 Å². The van der Waals surface area contributed by atoms with Crippen LogP contribution in [0.4, 0.5) is 0 Å². The number of rotatable bonds is 11. The van der Waals surface area contributed by atoms with Gasteiger partial charge in [-0.25, -0.2) is 0 Å². The number of carboxylic acids is 1. The van der Waals surface area contributed by atoms with E-state index in [1.54, 1.807) is 13.8 Å². The van der Waals surface area contributed by atoms with Crippen LogP contribution in [0, 0.1) is 0 Å². The standard InChI is InChI=1S/C43H56O16/c1-19-27(44)10-13-33(54-19)57-29-11-14-34(55-20(29)2)58-30-12-15-35(56-21(30)3)59-43(5,18-32(46)47)17-23-6-7-25-36(39(23)49)41(51)26-9-8-24(40(50)37(26)42(25)52)31-16-28(45)38(48)22(4)53-31/h6-9,19-22,27-31,33-35,38,44-45,48-50H,10-18H2,1-5H3,(H,46,47)/t19-,20-,21+,22+,27+,28-,29-,30-,31+,33-,34+,35-,38+,43-/m0/s1. The molecule has 7 rings (SSSR count). The lowest BCUT2D eigenvalue weighted by atomic mass is 9.79. The van der Waals surface area contributed by atoms with Crippen molar-refractivity contribution in [2.45, 2.75) is 178 Å². The van der Waals surface area contributed by atoms with Crippen LogP contribution in [-0.2, 0) is 44.4 Å². The minimum absolute atomic E-state index is 0.0482. The molecular formula is C43H56O16. The maximum atomic E-state index is 13.9. The topological polar surface area (TPSA) is 237 Å². The maximum Gasteiger partial charge on any atom is 0.306 e. The van der Waals surface area contributed by atoms with Gasteiger partial charge in [-0.05, 0) is 71.6 Å². The number of fused-ring (bicyclic) bond motifs is 2. The van der Waals surface area contributed by atoms with Gasteiger partial charge in [0.2, 0.25) is 0 Å². The summed E-state index contributed by atoms with van der Waals surface area (Å²) in [6.07, 6.45) is -4.84. The molecule has 0 spiro atoms. The number of carbonyl (C=O) groups is 3. The van der Waals surface area contributed by atoms with E-state index >= 15 is 0 Å². The van der Waals surface area contributed by atoms with Crippen LogP contribution in [-0.4, -0.2) is 128 Å². The third-order valence-electron chi connectivity index (χ3n) is 12.4. The molecule has 4 fully saturated rings. The molecule has 4 aliphatic heterocycles. The number of phenolic OH excluding ortho intramolecular Hbond substituents is 2. The highest BCUT2D eigenvalue weighted by Crippen LogP contribution is 2.44. The lowest BCUT2D eigenvalue weighted by Gasteiger charge is -2.42. The molecule has 16 nitrogen and oxygen atoms in total. The Hall–Kier alpha value is -3.55. The Balaban J connectivity index is 0.989. The number of aromatic hydroxyl groups is 2. The van der Waals surface area contributed by atoms with Crippen LogP contribution in [0.1, 0.15) is 135 Å². The third-order valence-corrected chi connectivity index (χ3v) is 12.4. The van der Waals surface area contributed by atoms with Gasteiger partial charge in [0.05, 0.1) is 78.1 Å². The highest BCUT2D eigenvalue weighted by atomic mass is 16.7. The fourth-order valence-corrected chi connectivity index (χ4v) is 9.04. The first-order valence-corrected chi connectivity index (χ1v) is 20.6. The molecule has 0 amide bonds. The molecule has 2 aromatic carbocycles. The van der Waals surface area contributed by atoms with Crippen LogP contribution in [0.25, 0.3) is 0 Å². The summed E-state index contributed by atoms with van der Waals surface area (Å²) >= 11 is 0. The molecule has 59 heavy (non-hydrogen) atoms. The number of benzene rings is 2. The monoisotopic (exact) mass is 828 g/mol. The largest absolute Gasteiger partial charge is 0.507 e. The second-order valence-corrected chi connectivity index (χ2v) is 17.0. The predicted molar refractivity (Wildman–Crippen MR) is 205 cm³/mol. The summed E-state index contributed by atoms with van der Waals surface area (Å²) in [5.41, 5.74) is -1.90. The molecule has 0 bridgehead atoms. The lowest BCUT2D eigenvalue weighted by molar-refractivity contribution is -0.309. The van der Waals surface area contributed by atoms with Crippen LogP contribution in [0.15, 0.2) is 24.3 Å². The molecule has 4 saturated heterocycles. The van der Waals surface area contributed by atoms with Gasteiger partial charge < -0.3 is 63.8 Å². The number of carbonyl (C=O) groups excluding carboxylic acids is 2. The average molecular weight is 829 g/mol. The molecule has 0 radical (unpaired) electrons. The highest BCUT2D eigenvalue weighted by Gasteiger charge is 2.43. The Kier molecular flexibility index (Phi) is 12.9. The summed E-state index contributed by atoms with van der Waals surface area (Å²) in [6, 6.07) is 5.57. The van der Waals surface area contributed by atoms with Crippen LogP contribution in [0.3, 0.4) is 0 Å². The van der Waals surface area contributed by atoms with E-state index in [2.05, 4.69) is 0 Å². The summed E-state index contributed by atoms with van der Waals surface area (Å²) < 4.78 is 42.9. The smallest absolute Gasteiger partial charge is 0.306 e. The van der Waals surface area contributed by atoms with Crippen molar-refractivity contribution in [3.63, 3.8) is 0 Å². The Morgan fingerprint density at radius 1 is 0.695 bits per heavy atom. The van der Waals surface area contributed by atoms with Crippen molar-refractivity contribution in [1.29, 1.82) is 0 Å². The van der Waals surface area contributed by atoms with Crippen molar-refractivity contribution in [3.05, 3.63) is 57.6 Å². The molecule has 5 aliphatic rings. The second kappa shape index (κ2) is 17.4. The molecule has 2 aromatic rings. The van der Waals surface area contributed by atoms with E-state index in [1.807, 2.05) is 20.8 Å². The summed E-state index contributed by atoms with van der Waals surface area (Å²) in [4.78, 5) is 39.9. The van der Waals surface area contributed by atoms with Crippen molar-refractivity contribution in [2.24, 2.45) is 0 Å². The maximum absolute atomic E-state index is 13.9. The fraction of sp³-hybridized carbons (Fsp3) is 0.651. The van der Waals surface area contributed by atoms with Crippen molar-refractivity contribution in [3.8, 4) is 11.5 Å². The van der Waals surface area contributed by atoms with E-state index in [0.29, 0.717) is 38.5 Å². The SMILES string of the molecule is C[C@@H]1O[C@@H](O[C@H]2CC[C@@H](O[C@H]3CC[C@H](O[C@](C)(CC(=O)O)Cc4ccc5c(c4O)C(=O)c4ccc([C@H]6C[C@H](O)[C@H](O)[C@@H](C)O6)c(O)c4C5=O)O[C@@H]3C)O[C@H]2C)CC[C@H]1O. The molecule has 6 N–H and O–H groups in total. The van der Waals surface area contributed by atoms with Crippen molar-refractivity contribution < 1.29 is 78.2 Å². The van der Waals surface area contributed by atoms with Gasteiger partial charge in [0.1, 0.15) is 17.6 Å². The normalized spacial score (nSPS) is 36.0. The number of phenols is 2.